The largest absolute Gasteiger partial charge is 0.317 e. The molecule has 0 saturated carbocycles. The SMILES string of the molecule is Cc1c2cnc3nn(-c4ccccc4)c(=O)c-3cc2c(C)n1-c1ccccc1. The van der Waals surface area contributed by atoms with Gasteiger partial charge in [0.25, 0.3) is 5.56 Å². The van der Waals surface area contributed by atoms with Gasteiger partial charge < -0.3 is 4.57 Å². The predicted molar refractivity (Wildman–Crippen MR) is 111 cm³/mol. The first-order valence-corrected chi connectivity index (χ1v) is 9.16. The van der Waals surface area contributed by atoms with Crippen LogP contribution in [0, 0.1) is 13.8 Å². The highest BCUT2D eigenvalue weighted by atomic mass is 16.1. The third-order valence-corrected chi connectivity index (χ3v) is 5.22. The van der Waals surface area contributed by atoms with E-state index < -0.39 is 0 Å². The van der Waals surface area contributed by atoms with E-state index >= 15 is 0 Å². The Morgan fingerprint density at radius 3 is 2.07 bits per heavy atom. The summed E-state index contributed by atoms with van der Waals surface area (Å²) < 4.78 is 3.62. The van der Waals surface area contributed by atoms with Gasteiger partial charge in [-0.05, 0) is 44.2 Å². The zero-order chi connectivity index (χ0) is 19.3. The molecule has 3 heterocycles. The summed E-state index contributed by atoms with van der Waals surface area (Å²) in [4.78, 5) is 17.6. The van der Waals surface area contributed by atoms with E-state index in [0.717, 1.165) is 33.5 Å². The molecule has 3 aromatic rings. The molecule has 0 spiro atoms. The molecule has 0 bridgehead atoms. The van der Waals surface area contributed by atoms with Gasteiger partial charge in [0, 0.05) is 34.0 Å². The molecule has 0 N–H and O–H groups in total. The van der Waals surface area contributed by atoms with Crippen molar-refractivity contribution in [2.75, 3.05) is 0 Å². The minimum absolute atomic E-state index is 0.157. The van der Waals surface area contributed by atoms with Crippen LogP contribution in [0.2, 0.25) is 0 Å². The summed E-state index contributed by atoms with van der Waals surface area (Å²) in [5, 5.41) is 6.48. The first kappa shape index (κ1) is 16.4. The maximum atomic E-state index is 13.0. The molecule has 5 rings (SSSR count). The molecule has 2 aliphatic heterocycles. The smallest absolute Gasteiger partial charge is 0.282 e. The fraction of sp³-hybridized carbons (Fsp3) is 0.0870. The first-order chi connectivity index (χ1) is 13.6. The van der Waals surface area contributed by atoms with Crippen molar-refractivity contribution in [2.24, 2.45) is 0 Å². The van der Waals surface area contributed by atoms with E-state index in [0.29, 0.717) is 11.4 Å². The summed E-state index contributed by atoms with van der Waals surface area (Å²) >= 11 is 0. The monoisotopic (exact) mass is 366 g/mol. The van der Waals surface area contributed by atoms with Gasteiger partial charge in [0.15, 0.2) is 5.82 Å². The molecule has 2 aliphatic rings. The Morgan fingerprint density at radius 1 is 0.786 bits per heavy atom. The molecule has 2 aromatic carbocycles. The van der Waals surface area contributed by atoms with Crippen molar-refractivity contribution in [2.45, 2.75) is 13.8 Å². The number of hydrogen-bond donors (Lipinski definition) is 0. The molecule has 0 aliphatic carbocycles. The minimum Gasteiger partial charge on any atom is -0.317 e. The van der Waals surface area contributed by atoms with Crippen molar-refractivity contribution in [3.8, 4) is 22.8 Å². The van der Waals surface area contributed by atoms with Gasteiger partial charge in [0.2, 0.25) is 0 Å². The van der Waals surface area contributed by atoms with E-state index in [1.165, 1.54) is 4.68 Å². The predicted octanol–water partition coefficient (Wildman–Crippen LogP) is 4.29. The topological polar surface area (TPSA) is 52.7 Å². The Labute approximate surface area is 161 Å². The number of aromatic nitrogens is 4. The quantitative estimate of drug-likeness (QED) is 0.468. The number of aryl methyl sites for hydroxylation is 2. The molecule has 0 atom stereocenters. The van der Waals surface area contributed by atoms with Crippen LogP contribution in [0.15, 0.2) is 77.7 Å². The van der Waals surface area contributed by atoms with Crippen molar-refractivity contribution in [1.29, 1.82) is 0 Å². The summed E-state index contributed by atoms with van der Waals surface area (Å²) in [7, 11) is 0. The van der Waals surface area contributed by atoms with Crippen LogP contribution in [0.25, 0.3) is 33.5 Å². The minimum atomic E-state index is -0.157. The molecule has 136 valence electrons. The molecule has 0 fully saturated rings. The number of nitrogens with zero attached hydrogens (tertiary/aromatic N) is 4. The van der Waals surface area contributed by atoms with E-state index in [2.05, 4.69) is 40.6 Å². The Balaban J connectivity index is 1.81. The first-order valence-electron chi connectivity index (χ1n) is 9.16. The van der Waals surface area contributed by atoms with E-state index in [-0.39, 0.29) is 5.56 Å². The molecular formula is C23H18N4O. The highest BCUT2D eigenvalue weighted by Crippen LogP contribution is 2.30. The Bertz CT molecular complexity index is 1330. The molecule has 0 unspecified atom stereocenters. The van der Waals surface area contributed by atoms with Gasteiger partial charge in [0.05, 0.1) is 11.3 Å². The van der Waals surface area contributed by atoms with Crippen molar-refractivity contribution in [1.82, 2.24) is 19.3 Å². The summed E-state index contributed by atoms with van der Waals surface area (Å²) in [6, 6.07) is 21.6. The highest BCUT2D eigenvalue weighted by Gasteiger charge is 2.19. The van der Waals surface area contributed by atoms with Crippen molar-refractivity contribution in [3.05, 3.63) is 94.7 Å². The standard InChI is InChI=1S/C23H18N4O/c1-15-19-13-20-22(25-27(23(20)28)18-11-7-4-8-12-18)24-14-21(19)16(2)26(15)17-9-5-3-6-10-17/h3-14H,1-2H3. The summed E-state index contributed by atoms with van der Waals surface area (Å²) in [5.74, 6) is 0.454. The second-order valence-corrected chi connectivity index (χ2v) is 6.86. The fourth-order valence-electron chi connectivity index (χ4n) is 3.83. The zero-order valence-electron chi connectivity index (χ0n) is 15.6. The number of hydrogen-bond acceptors (Lipinski definition) is 3. The number of para-hydroxylation sites is 2. The second kappa shape index (κ2) is 6.16. The van der Waals surface area contributed by atoms with Crippen LogP contribution in [0.3, 0.4) is 0 Å². The molecule has 1 aromatic heterocycles. The van der Waals surface area contributed by atoms with E-state index in [1.54, 1.807) is 0 Å². The van der Waals surface area contributed by atoms with Crippen molar-refractivity contribution >= 4 is 10.8 Å². The van der Waals surface area contributed by atoms with Crippen LogP contribution in [-0.2, 0) is 0 Å². The van der Waals surface area contributed by atoms with E-state index in [4.69, 9.17) is 0 Å². The normalized spacial score (nSPS) is 11.4. The van der Waals surface area contributed by atoms with Crippen LogP contribution < -0.4 is 5.56 Å². The van der Waals surface area contributed by atoms with Crippen LogP contribution in [0.1, 0.15) is 11.4 Å². The molecule has 0 saturated heterocycles. The van der Waals surface area contributed by atoms with Crippen LogP contribution >= 0.6 is 0 Å². The van der Waals surface area contributed by atoms with Gasteiger partial charge in [-0.25, -0.2) is 4.98 Å². The molecule has 0 radical (unpaired) electrons. The Morgan fingerprint density at radius 2 is 1.39 bits per heavy atom. The Hall–Kier alpha value is -3.73. The van der Waals surface area contributed by atoms with Gasteiger partial charge in [-0.2, -0.15) is 4.68 Å². The number of rotatable bonds is 2. The Kier molecular flexibility index (Phi) is 3.62. The molecule has 5 nitrogen and oxygen atoms in total. The van der Waals surface area contributed by atoms with Crippen LogP contribution in [0.4, 0.5) is 0 Å². The third kappa shape index (κ3) is 2.36. The van der Waals surface area contributed by atoms with Gasteiger partial charge in [-0.3, -0.25) is 4.79 Å². The lowest BCUT2D eigenvalue weighted by molar-refractivity contribution is 0.850. The lowest BCUT2D eigenvalue weighted by Gasteiger charge is -2.08. The number of benzene rings is 2. The fourth-order valence-corrected chi connectivity index (χ4v) is 3.83. The van der Waals surface area contributed by atoms with Crippen molar-refractivity contribution < 1.29 is 0 Å². The second-order valence-electron chi connectivity index (χ2n) is 6.86. The lowest BCUT2D eigenvalue weighted by atomic mass is 10.2. The maximum Gasteiger partial charge on any atom is 0.282 e. The highest BCUT2D eigenvalue weighted by molar-refractivity contribution is 5.90. The third-order valence-electron chi connectivity index (χ3n) is 5.22. The summed E-state index contributed by atoms with van der Waals surface area (Å²) in [5.41, 5.74) is 4.36. The van der Waals surface area contributed by atoms with Gasteiger partial charge in [0.1, 0.15) is 0 Å². The van der Waals surface area contributed by atoms with E-state index in [9.17, 15) is 4.79 Å². The molecular weight excluding hydrogens is 348 g/mol. The zero-order valence-corrected chi connectivity index (χ0v) is 15.6. The molecule has 5 heteroatoms. The van der Waals surface area contributed by atoms with Gasteiger partial charge >= 0.3 is 0 Å². The van der Waals surface area contributed by atoms with Crippen molar-refractivity contribution in [3.63, 3.8) is 0 Å². The van der Waals surface area contributed by atoms with Gasteiger partial charge in [-0.1, -0.05) is 36.4 Å². The van der Waals surface area contributed by atoms with Crippen LogP contribution in [0.5, 0.6) is 0 Å². The average molecular weight is 366 g/mol. The van der Waals surface area contributed by atoms with E-state index in [1.807, 2.05) is 60.8 Å². The van der Waals surface area contributed by atoms with Gasteiger partial charge in [-0.15, -0.1) is 5.10 Å². The number of fused-ring (bicyclic) bond motifs is 2. The average Bonchev–Trinajstić information content (AvgIpc) is 3.06. The summed E-state index contributed by atoms with van der Waals surface area (Å²) in [6.07, 6.45) is 1.82. The summed E-state index contributed by atoms with van der Waals surface area (Å²) in [6.45, 7) is 4.14. The van der Waals surface area contributed by atoms with Crippen LogP contribution in [-0.4, -0.2) is 19.3 Å². The molecule has 28 heavy (non-hydrogen) atoms. The molecule has 0 amide bonds. The maximum absolute atomic E-state index is 13.0. The lowest BCUT2D eigenvalue weighted by Crippen LogP contribution is -2.14.